The number of hydrogen-bond donors (Lipinski definition) is 1. The fourth-order valence-corrected chi connectivity index (χ4v) is 4.60. The Morgan fingerprint density at radius 1 is 1.08 bits per heavy atom. The van der Waals surface area contributed by atoms with Gasteiger partial charge in [0, 0.05) is 17.8 Å². The maximum absolute atomic E-state index is 13.7. The van der Waals surface area contributed by atoms with E-state index in [0.29, 0.717) is 16.8 Å². The standard InChI is InChI=1S/C26H28N4O7S/c1-16(2)15-37-26(32)20-12-13-27-22(19-9-6-18(7-10-19)8-11-21(31)35-4)23(20)38(33,34)30-24-25(36-5)29-17(3)14-28-24/h6-14,16H,15H2,1-5H3,(H,28,30). The first-order valence-corrected chi connectivity index (χ1v) is 13.0. The summed E-state index contributed by atoms with van der Waals surface area (Å²) in [6.45, 7) is 5.51. The quantitative estimate of drug-likeness (QED) is 0.298. The number of sulfonamides is 1. The maximum atomic E-state index is 13.7. The Morgan fingerprint density at radius 3 is 2.42 bits per heavy atom. The lowest BCUT2D eigenvalue weighted by Crippen LogP contribution is -2.21. The molecule has 12 heteroatoms. The number of esters is 2. The Bertz CT molecular complexity index is 1450. The summed E-state index contributed by atoms with van der Waals surface area (Å²) >= 11 is 0. The molecule has 2 aromatic heterocycles. The smallest absolute Gasteiger partial charge is 0.339 e. The van der Waals surface area contributed by atoms with Gasteiger partial charge in [0.25, 0.3) is 15.9 Å². The van der Waals surface area contributed by atoms with Crippen molar-refractivity contribution in [1.29, 1.82) is 0 Å². The Kier molecular flexibility index (Phi) is 9.13. The van der Waals surface area contributed by atoms with Crippen molar-refractivity contribution in [3.8, 4) is 17.1 Å². The number of rotatable bonds is 10. The molecule has 0 unspecified atom stereocenters. The summed E-state index contributed by atoms with van der Waals surface area (Å²) in [5.74, 6) is -1.49. The average molecular weight is 541 g/mol. The van der Waals surface area contributed by atoms with Gasteiger partial charge >= 0.3 is 11.9 Å². The number of methoxy groups -OCH3 is 2. The molecular formula is C26H28N4O7S. The highest BCUT2D eigenvalue weighted by Gasteiger charge is 2.30. The van der Waals surface area contributed by atoms with E-state index in [4.69, 9.17) is 9.47 Å². The molecule has 0 radical (unpaired) electrons. The number of carbonyl (C=O) groups is 2. The number of aromatic nitrogens is 3. The lowest BCUT2D eigenvalue weighted by Gasteiger charge is -2.16. The first kappa shape index (κ1) is 28.3. The van der Waals surface area contributed by atoms with E-state index in [1.54, 1.807) is 37.3 Å². The summed E-state index contributed by atoms with van der Waals surface area (Å²) in [5, 5.41) is 0. The minimum absolute atomic E-state index is 0.0130. The van der Waals surface area contributed by atoms with E-state index in [0.717, 1.165) is 0 Å². The van der Waals surface area contributed by atoms with E-state index >= 15 is 0 Å². The molecule has 0 bridgehead atoms. The molecule has 0 fully saturated rings. The van der Waals surface area contributed by atoms with E-state index < -0.39 is 26.9 Å². The molecule has 0 atom stereocenters. The highest BCUT2D eigenvalue weighted by molar-refractivity contribution is 7.93. The SMILES string of the molecule is COC(=O)C=Cc1ccc(-c2nccc(C(=O)OCC(C)C)c2S(=O)(=O)Nc2ncc(C)nc2OC)cc1. The van der Waals surface area contributed by atoms with Gasteiger partial charge in [-0.2, -0.15) is 0 Å². The highest BCUT2D eigenvalue weighted by Crippen LogP contribution is 2.32. The van der Waals surface area contributed by atoms with Gasteiger partial charge in [0.05, 0.1) is 44.0 Å². The lowest BCUT2D eigenvalue weighted by molar-refractivity contribution is -0.134. The number of pyridine rings is 1. The van der Waals surface area contributed by atoms with E-state index in [9.17, 15) is 18.0 Å². The molecule has 1 N–H and O–H groups in total. The van der Waals surface area contributed by atoms with Gasteiger partial charge in [-0.3, -0.25) is 9.71 Å². The fourth-order valence-electron chi connectivity index (χ4n) is 3.24. The monoisotopic (exact) mass is 540 g/mol. The maximum Gasteiger partial charge on any atom is 0.339 e. The van der Waals surface area contributed by atoms with Crippen molar-refractivity contribution >= 4 is 33.9 Å². The van der Waals surface area contributed by atoms with Crippen LogP contribution in [0, 0.1) is 12.8 Å². The molecule has 1 aromatic carbocycles. The second-order valence-corrected chi connectivity index (χ2v) is 10.1. The van der Waals surface area contributed by atoms with Crippen molar-refractivity contribution < 1.29 is 32.2 Å². The van der Waals surface area contributed by atoms with Crippen molar-refractivity contribution in [1.82, 2.24) is 15.0 Å². The third-order valence-electron chi connectivity index (χ3n) is 5.02. The van der Waals surface area contributed by atoms with E-state index in [2.05, 4.69) is 24.4 Å². The second kappa shape index (κ2) is 12.3. The predicted molar refractivity (Wildman–Crippen MR) is 140 cm³/mol. The zero-order valence-corrected chi connectivity index (χ0v) is 22.4. The molecule has 11 nitrogen and oxygen atoms in total. The van der Waals surface area contributed by atoms with Gasteiger partial charge in [0.15, 0.2) is 0 Å². The zero-order valence-electron chi connectivity index (χ0n) is 21.6. The summed E-state index contributed by atoms with van der Waals surface area (Å²) in [5.41, 5.74) is 1.40. The Labute approximate surface area is 221 Å². The lowest BCUT2D eigenvalue weighted by atomic mass is 10.1. The van der Waals surface area contributed by atoms with Crippen molar-refractivity contribution in [2.24, 2.45) is 5.92 Å². The number of ether oxygens (including phenoxy) is 3. The van der Waals surface area contributed by atoms with Crippen LogP contribution in [0.1, 0.15) is 35.5 Å². The average Bonchev–Trinajstić information content (AvgIpc) is 2.91. The molecule has 2 heterocycles. The second-order valence-electron chi connectivity index (χ2n) is 8.48. The van der Waals surface area contributed by atoms with E-state index in [1.165, 1.54) is 38.8 Å². The van der Waals surface area contributed by atoms with E-state index in [1.807, 2.05) is 13.8 Å². The molecule has 3 rings (SSSR count). The predicted octanol–water partition coefficient (Wildman–Crippen LogP) is 3.66. The fraction of sp³-hybridized carbons (Fsp3) is 0.269. The van der Waals surface area contributed by atoms with Crippen LogP contribution in [-0.4, -0.2) is 56.1 Å². The molecule has 0 saturated heterocycles. The third kappa shape index (κ3) is 6.91. The Balaban J connectivity index is 2.13. The normalized spacial score (nSPS) is 11.4. The van der Waals surface area contributed by atoms with Gasteiger partial charge in [-0.15, -0.1) is 0 Å². The van der Waals surface area contributed by atoms with Crippen LogP contribution in [0.15, 0.2) is 53.7 Å². The number of anilines is 1. The van der Waals surface area contributed by atoms with Gasteiger partial charge < -0.3 is 14.2 Å². The molecule has 0 spiro atoms. The number of nitrogens with one attached hydrogen (secondary N) is 1. The number of benzene rings is 1. The number of carbonyl (C=O) groups excluding carboxylic acids is 2. The molecule has 0 aliphatic heterocycles. The van der Waals surface area contributed by atoms with Crippen LogP contribution >= 0.6 is 0 Å². The zero-order chi connectivity index (χ0) is 27.9. The van der Waals surface area contributed by atoms with Crippen molar-refractivity contribution in [2.45, 2.75) is 25.7 Å². The minimum Gasteiger partial charge on any atom is -0.478 e. The van der Waals surface area contributed by atoms with Crippen LogP contribution in [0.4, 0.5) is 5.82 Å². The molecular weight excluding hydrogens is 512 g/mol. The van der Waals surface area contributed by atoms with Crippen LogP contribution in [0.2, 0.25) is 0 Å². The van der Waals surface area contributed by atoms with Crippen LogP contribution in [0.3, 0.4) is 0 Å². The highest BCUT2D eigenvalue weighted by atomic mass is 32.2. The van der Waals surface area contributed by atoms with Crippen molar-refractivity contribution in [2.75, 3.05) is 25.5 Å². The van der Waals surface area contributed by atoms with Gasteiger partial charge in [-0.05, 0) is 30.5 Å². The molecule has 3 aromatic rings. The summed E-state index contributed by atoms with van der Waals surface area (Å²) in [4.78, 5) is 36.5. The largest absolute Gasteiger partial charge is 0.478 e. The molecule has 0 amide bonds. The summed E-state index contributed by atoms with van der Waals surface area (Å²) in [7, 11) is -1.85. The van der Waals surface area contributed by atoms with Crippen LogP contribution in [0.25, 0.3) is 17.3 Å². The first-order valence-electron chi connectivity index (χ1n) is 11.5. The molecule has 0 aliphatic rings. The van der Waals surface area contributed by atoms with Gasteiger partial charge in [-0.25, -0.2) is 28.0 Å². The van der Waals surface area contributed by atoms with Gasteiger partial charge in [-0.1, -0.05) is 38.1 Å². The van der Waals surface area contributed by atoms with Crippen LogP contribution < -0.4 is 9.46 Å². The first-order chi connectivity index (χ1) is 18.1. The summed E-state index contributed by atoms with van der Waals surface area (Å²) in [6.07, 6.45) is 5.51. The van der Waals surface area contributed by atoms with Crippen LogP contribution in [-0.2, 0) is 24.3 Å². The summed E-state index contributed by atoms with van der Waals surface area (Å²) in [6, 6.07) is 7.85. The topological polar surface area (TPSA) is 147 Å². The van der Waals surface area contributed by atoms with Gasteiger partial charge in [0.1, 0.15) is 4.90 Å². The molecule has 0 saturated carbocycles. The van der Waals surface area contributed by atoms with E-state index in [-0.39, 0.29) is 35.5 Å². The molecule has 200 valence electrons. The summed E-state index contributed by atoms with van der Waals surface area (Å²) < 4.78 is 45.0. The van der Waals surface area contributed by atoms with Crippen molar-refractivity contribution in [3.05, 3.63) is 65.6 Å². The van der Waals surface area contributed by atoms with Crippen LogP contribution in [0.5, 0.6) is 5.88 Å². The van der Waals surface area contributed by atoms with Gasteiger partial charge in [0.2, 0.25) is 5.82 Å². The number of aryl methyl sites for hydroxylation is 1. The Hall–Kier alpha value is -4.32. The minimum atomic E-state index is -4.46. The number of nitrogens with zero attached hydrogens (tertiary/aromatic N) is 3. The van der Waals surface area contributed by atoms with Crippen molar-refractivity contribution in [3.63, 3.8) is 0 Å². The molecule has 38 heavy (non-hydrogen) atoms. The Morgan fingerprint density at radius 2 is 1.79 bits per heavy atom. The molecule has 0 aliphatic carbocycles. The number of hydrogen-bond acceptors (Lipinski definition) is 10. The third-order valence-corrected chi connectivity index (χ3v) is 6.44.